The van der Waals surface area contributed by atoms with Crippen LogP contribution >= 0.6 is 24.0 Å². The minimum atomic E-state index is 0. The van der Waals surface area contributed by atoms with Crippen LogP contribution in [0.4, 0.5) is 5.82 Å². The molecule has 2 heterocycles. The summed E-state index contributed by atoms with van der Waals surface area (Å²) in [5.41, 5.74) is 1.57. The largest absolute Gasteiger partial charge is 0.385 e. The van der Waals surface area contributed by atoms with Crippen molar-refractivity contribution in [2.75, 3.05) is 64.9 Å². The highest BCUT2D eigenvalue weighted by atomic mass is 127. The third-order valence-electron chi connectivity index (χ3n) is 6.28. The maximum Gasteiger partial charge on any atom is 0.191 e. The topological polar surface area (TPSA) is 65.0 Å². The first-order valence-corrected chi connectivity index (χ1v) is 11.0. The summed E-state index contributed by atoms with van der Waals surface area (Å²) in [6, 6.07) is 4.25. The summed E-state index contributed by atoms with van der Waals surface area (Å²) in [6.07, 6.45) is 6.91. The van der Waals surface area contributed by atoms with Gasteiger partial charge in [-0.25, -0.2) is 9.98 Å². The molecule has 0 amide bonds. The quantitative estimate of drug-likeness (QED) is 0.291. The molecule has 7 nitrogen and oxygen atoms in total. The van der Waals surface area contributed by atoms with Crippen LogP contribution in [0.1, 0.15) is 38.2 Å². The Morgan fingerprint density at radius 3 is 2.63 bits per heavy atom. The van der Waals surface area contributed by atoms with Crippen molar-refractivity contribution < 1.29 is 4.74 Å². The third kappa shape index (κ3) is 7.23. The van der Waals surface area contributed by atoms with E-state index in [4.69, 9.17) is 9.73 Å². The lowest BCUT2D eigenvalue weighted by molar-refractivity contribution is 0.0732. The Hall–Kier alpha value is -1.13. The molecule has 0 atom stereocenters. The van der Waals surface area contributed by atoms with Crippen molar-refractivity contribution in [3.63, 3.8) is 0 Å². The van der Waals surface area contributed by atoms with Gasteiger partial charge < -0.3 is 25.2 Å². The Bertz CT molecular complexity index is 659. The molecule has 0 unspecified atom stereocenters. The zero-order valence-electron chi connectivity index (χ0n) is 18.8. The summed E-state index contributed by atoms with van der Waals surface area (Å²) in [4.78, 5) is 14.1. The van der Waals surface area contributed by atoms with Crippen LogP contribution < -0.4 is 15.5 Å². The molecule has 0 aromatic carbocycles. The molecule has 3 rings (SSSR count). The number of halogens is 1. The van der Waals surface area contributed by atoms with Crippen LogP contribution in [-0.2, 0) is 11.3 Å². The number of ether oxygens (including phenoxy) is 1. The Labute approximate surface area is 199 Å². The van der Waals surface area contributed by atoms with Gasteiger partial charge in [0.1, 0.15) is 5.82 Å². The zero-order valence-corrected chi connectivity index (χ0v) is 21.2. The van der Waals surface area contributed by atoms with E-state index in [1.807, 2.05) is 6.20 Å². The number of hydrogen-bond donors (Lipinski definition) is 2. The monoisotopic (exact) mass is 530 g/mol. The molecule has 2 aliphatic rings. The number of rotatable bonds is 9. The lowest BCUT2D eigenvalue weighted by atomic mass is 9.67. The summed E-state index contributed by atoms with van der Waals surface area (Å²) in [7, 11) is 3.96. The highest BCUT2D eigenvalue weighted by Crippen LogP contribution is 2.43. The van der Waals surface area contributed by atoms with Crippen LogP contribution in [0.2, 0.25) is 0 Å². The number of pyridine rings is 1. The Balaban J connectivity index is 0.00000320. The molecule has 0 radical (unpaired) electrons. The predicted octanol–water partition coefficient (Wildman–Crippen LogP) is 2.71. The van der Waals surface area contributed by atoms with E-state index in [-0.39, 0.29) is 24.0 Å². The van der Waals surface area contributed by atoms with Gasteiger partial charge in [0, 0.05) is 59.2 Å². The van der Waals surface area contributed by atoms with Crippen molar-refractivity contribution in [2.24, 2.45) is 10.4 Å². The smallest absolute Gasteiger partial charge is 0.191 e. The number of likely N-dealkylation sites (N-methyl/N-ethyl adjacent to an activating group) is 1. The molecule has 1 aliphatic carbocycles. The van der Waals surface area contributed by atoms with Crippen molar-refractivity contribution >= 4 is 35.8 Å². The molecule has 1 aromatic heterocycles. The van der Waals surface area contributed by atoms with Crippen molar-refractivity contribution in [1.29, 1.82) is 0 Å². The van der Waals surface area contributed by atoms with E-state index >= 15 is 0 Å². The van der Waals surface area contributed by atoms with Gasteiger partial charge in [0.15, 0.2) is 5.96 Å². The average molecular weight is 530 g/mol. The van der Waals surface area contributed by atoms with Crippen LogP contribution in [0, 0.1) is 5.41 Å². The van der Waals surface area contributed by atoms with Gasteiger partial charge in [0.2, 0.25) is 0 Å². The molecule has 2 fully saturated rings. The molecular weight excluding hydrogens is 491 g/mol. The number of hydrogen-bond acceptors (Lipinski definition) is 5. The summed E-state index contributed by atoms with van der Waals surface area (Å²) in [5, 5.41) is 6.97. The highest BCUT2D eigenvalue weighted by molar-refractivity contribution is 14.0. The number of anilines is 1. The fraction of sp³-hybridized carbons (Fsp3) is 0.727. The number of aromatic nitrogens is 1. The molecule has 170 valence electrons. The van der Waals surface area contributed by atoms with Gasteiger partial charge in [-0.3, -0.25) is 0 Å². The minimum Gasteiger partial charge on any atom is -0.385 e. The van der Waals surface area contributed by atoms with Gasteiger partial charge in [0.05, 0.1) is 6.54 Å². The highest BCUT2D eigenvalue weighted by Gasteiger charge is 2.36. The molecule has 1 saturated heterocycles. The summed E-state index contributed by atoms with van der Waals surface area (Å²) in [6.45, 7) is 9.66. The summed E-state index contributed by atoms with van der Waals surface area (Å²) < 4.78 is 5.31. The van der Waals surface area contributed by atoms with E-state index < -0.39 is 0 Å². The Morgan fingerprint density at radius 1 is 1.23 bits per heavy atom. The molecule has 8 heteroatoms. The number of guanidine groups is 1. The summed E-state index contributed by atoms with van der Waals surface area (Å²) in [5.74, 6) is 1.96. The molecule has 1 saturated carbocycles. The van der Waals surface area contributed by atoms with Gasteiger partial charge in [0.25, 0.3) is 0 Å². The first-order chi connectivity index (χ1) is 14.1. The Morgan fingerprint density at radius 2 is 2.00 bits per heavy atom. The SMILES string of the molecule is CCNC(=NCc1ccnc(N2CCN(C)CC2)c1)NCC1(CCOC)CCC1.I. The van der Waals surface area contributed by atoms with Gasteiger partial charge in [-0.15, -0.1) is 24.0 Å². The fourth-order valence-electron chi connectivity index (χ4n) is 4.06. The van der Waals surface area contributed by atoms with E-state index in [0.717, 1.165) is 64.1 Å². The maximum atomic E-state index is 5.31. The van der Waals surface area contributed by atoms with Crippen molar-refractivity contribution in [3.8, 4) is 0 Å². The van der Waals surface area contributed by atoms with Gasteiger partial charge in [-0.1, -0.05) is 6.42 Å². The van der Waals surface area contributed by atoms with Crippen LogP contribution in [0.3, 0.4) is 0 Å². The van der Waals surface area contributed by atoms with E-state index in [2.05, 4.69) is 51.5 Å². The minimum absolute atomic E-state index is 0. The molecule has 1 aliphatic heterocycles. The molecule has 0 bridgehead atoms. The normalized spacial score (nSPS) is 19.0. The second-order valence-electron chi connectivity index (χ2n) is 8.46. The lowest BCUT2D eigenvalue weighted by Gasteiger charge is -2.42. The van der Waals surface area contributed by atoms with Crippen molar-refractivity contribution in [3.05, 3.63) is 23.9 Å². The van der Waals surface area contributed by atoms with Gasteiger partial charge in [-0.2, -0.15) is 0 Å². The second-order valence-corrected chi connectivity index (χ2v) is 8.46. The fourth-order valence-corrected chi connectivity index (χ4v) is 4.06. The van der Waals surface area contributed by atoms with Crippen LogP contribution in [0.5, 0.6) is 0 Å². The molecular formula is C22H39IN6O. The number of aliphatic imine (C=N–C) groups is 1. The molecule has 30 heavy (non-hydrogen) atoms. The van der Waals surface area contributed by atoms with E-state index in [1.54, 1.807) is 7.11 Å². The lowest BCUT2D eigenvalue weighted by Crippen LogP contribution is -2.47. The predicted molar refractivity (Wildman–Crippen MR) is 135 cm³/mol. The number of nitrogens with one attached hydrogen (secondary N) is 2. The Kier molecular flexibility index (Phi) is 10.6. The number of methoxy groups -OCH3 is 1. The van der Waals surface area contributed by atoms with Crippen LogP contribution in [0.15, 0.2) is 23.3 Å². The first-order valence-electron chi connectivity index (χ1n) is 11.0. The molecule has 0 spiro atoms. The van der Waals surface area contributed by atoms with E-state index in [0.29, 0.717) is 12.0 Å². The van der Waals surface area contributed by atoms with Gasteiger partial charge >= 0.3 is 0 Å². The van der Waals surface area contributed by atoms with Crippen LogP contribution in [0.25, 0.3) is 0 Å². The number of nitrogens with zero attached hydrogens (tertiary/aromatic N) is 4. The second kappa shape index (κ2) is 12.7. The first kappa shape index (κ1) is 25.1. The molecule has 2 N–H and O–H groups in total. The van der Waals surface area contributed by atoms with Crippen molar-refractivity contribution in [2.45, 2.75) is 39.2 Å². The zero-order chi connectivity index (χ0) is 20.5. The van der Waals surface area contributed by atoms with Gasteiger partial charge in [-0.05, 0) is 56.3 Å². The van der Waals surface area contributed by atoms with E-state index in [1.165, 1.54) is 24.8 Å². The summed E-state index contributed by atoms with van der Waals surface area (Å²) >= 11 is 0. The maximum absolute atomic E-state index is 5.31. The standard InChI is InChI=1S/C22H38N6O.HI/c1-4-23-21(26-18-22(7-5-8-22)9-15-29-3)25-17-19-6-10-24-20(16-19)28-13-11-27(2)12-14-28;/h6,10,16H,4-5,7-9,11-15,17-18H2,1-3H3,(H2,23,25,26);1H. The third-order valence-corrected chi connectivity index (χ3v) is 6.28. The van der Waals surface area contributed by atoms with Crippen molar-refractivity contribution in [1.82, 2.24) is 20.5 Å². The average Bonchev–Trinajstić information content (AvgIpc) is 2.71. The number of piperazine rings is 1. The molecule has 1 aromatic rings. The van der Waals surface area contributed by atoms with Crippen LogP contribution in [-0.4, -0.2) is 75.9 Å². The van der Waals surface area contributed by atoms with E-state index in [9.17, 15) is 0 Å².